The Bertz CT molecular complexity index is 200. The first-order valence-electron chi connectivity index (χ1n) is 2.58. The zero-order valence-corrected chi connectivity index (χ0v) is 6.14. The Balaban J connectivity index is 2.62. The fourth-order valence-corrected chi connectivity index (χ4v) is 0.889. The van der Waals surface area contributed by atoms with Gasteiger partial charge in [-0.3, -0.25) is 0 Å². The molecule has 0 saturated heterocycles. The number of hydrogen-bond acceptors (Lipinski definition) is 5. The van der Waals surface area contributed by atoms with Gasteiger partial charge in [-0.05, 0) is 6.08 Å². The summed E-state index contributed by atoms with van der Waals surface area (Å²) in [5, 5.41) is 0. The fourth-order valence-electron chi connectivity index (χ4n) is 0.465. The summed E-state index contributed by atoms with van der Waals surface area (Å²) in [7, 11) is 1.33. The van der Waals surface area contributed by atoms with Crippen LogP contribution >= 0.6 is 12.1 Å². The minimum Gasteiger partial charge on any atom is -0.464 e. The quantitative estimate of drug-likeness (QED) is 0.440. The van der Waals surface area contributed by atoms with E-state index in [0.717, 1.165) is 12.1 Å². The van der Waals surface area contributed by atoms with Crippen LogP contribution in [0.15, 0.2) is 16.2 Å². The van der Waals surface area contributed by atoms with Gasteiger partial charge in [-0.15, -0.1) is 0 Å². The minimum absolute atomic E-state index is 0.376. The van der Waals surface area contributed by atoms with Crippen molar-refractivity contribution in [1.29, 1.82) is 0 Å². The van der Waals surface area contributed by atoms with E-state index in [4.69, 9.17) is 0 Å². The normalized spacial score (nSPS) is 15.5. The molecular weight excluding hydrogens is 152 g/mol. The van der Waals surface area contributed by atoms with Gasteiger partial charge in [0, 0.05) is 6.21 Å². The Labute approximate surface area is 62.6 Å². The second-order valence-corrected chi connectivity index (χ2v) is 2.12. The molecule has 0 aromatic rings. The molecule has 0 aromatic carbocycles. The Morgan fingerprint density at radius 3 is 3.20 bits per heavy atom. The lowest BCUT2D eigenvalue weighted by molar-refractivity contribution is -0.136. The van der Waals surface area contributed by atoms with Crippen molar-refractivity contribution in [3.63, 3.8) is 0 Å². The largest absolute Gasteiger partial charge is 0.464 e. The number of carbonyl (C=O) groups excluding carboxylic acids is 1. The van der Waals surface area contributed by atoms with Crippen LogP contribution in [0.3, 0.4) is 0 Å². The first kappa shape index (κ1) is 7.14. The van der Waals surface area contributed by atoms with Crippen molar-refractivity contribution >= 4 is 24.3 Å². The van der Waals surface area contributed by atoms with Crippen LogP contribution in [0.2, 0.25) is 0 Å². The highest BCUT2D eigenvalue weighted by molar-refractivity contribution is 7.96. The van der Waals surface area contributed by atoms with Crippen molar-refractivity contribution in [2.75, 3.05) is 7.11 Å². The van der Waals surface area contributed by atoms with E-state index >= 15 is 0 Å². The van der Waals surface area contributed by atoms with Crippen molar-refractivity contribution in [2.24, 2.45) is 4.40 Å². The summed E-state index contributed by atoms with van der Waals surface area (Å²) in [4.78, 5) is 10.7. The number of rotatable bonds is 1. The van der Waals surface area contributed by atoms with E-state index in [1.165, 1.54) is 13.3 Å². The zero-order valence-electron chi connectivity index (χ0n) is 5.33. The maximum atomic E-state index is 10.7. The van der Waals surface area contributed by atoms with E-state index in [2.05, 4.69) is 13.9 Å². The lowest BCUT2D eigenvalue weighted by Gasteiger charge is -2.06. The van der Waals surface area contributed by atoms with Crippen molar-refractivity contribution < 1.29 is 9.53 Å². The van der Waals surface area contributed by atoms with Crippen molar-refractivity contribution in [2.45, 2.75) is 0 Å². The smallest absolute Gasteiger partial charge is 0.355 e. The van der Waals surface area contributed by atoms with Gasteiger partial charge in [-0.1, -0.05) is 0 Å². The zero-order chi connectivity index (χ0) is 7.40. The summed E-state index contributed by atoms with van der Waals surface area (Å²) in [6, 6.07) is 0. The molecule has 0 fully saturated rings. The molecule has 0 aromatic heterocycles. The maximum absolute atomic E-state index is 10.7. The van der Waals surface area contributed by atoms with Crippen molar-refractivity contribution in [1.82, 2.24) is 4.72 Å². The third kappa shape index (κ3) is 1.51. The number of esters is 1. The average Bonchev–Trinajstić information content (AvgIpc) is 2.05. The van der Waals surface area contributed by atoms with E-state index in [-0.39, 0.29) is 5.97 Å². The lowest BCUT2D eigenvalue weighted by Crippen LogP contribution is -2.17. The number of ether oxygens (including phenoxy) is 1. The van der Waals surface area contributed by atoms with E-state index in [1.807, 2.05) is 0 Å². The highest BCUT2D eigenvalue weighted by Crippen LogP contribution is 2.05. The van der Waals surface area contributed by atoms with Gasteiger partial charge in [0.1, 0.15) is 5.70 Å². The average molecular weight is 158 g/mol. The van der Waals surface area contributed by atoms with Crippen LogP contribution in [0, 0.1) is 0 Å². The lowest BCUT2D eigenvalue weighted by atomic mass is 10.4. The van der Waals surface area contributed by atoms with Crippen LogP contribution in [-0.4, -0.2) is 19.3 Å². The molecular formula is C5H6N2O2S. The molecule has 1 aliphatic rings. The molecule has 0 amide bonds. The maximum Gasteiger partial charge on any atom is 0.355 e. The van der Waals surface area contributed by atoms with E-state index < -0.39 is 0 Å². The molecule has 1 aliphatic heterocycles. The number of methoxy groups -OCH3 is 1. The number of carbonyl (C=O) groups is 1. The summed E-state index contributed by atoms with van der Waals surface area (Å²) in [6.45, 7) is 0. The molecule has 5 heteroatoms. The molecule has 0 spiro atoms. The highest BCUT2D eigenvalue weighted by Gasteiger charge is 2.09. The summed E-state index contributed by atoms with van der Waals surface area (Å²) in [6.07, 6.45) is 3.09. The fraction of sp³-hybridized carbons (Fsp3) is 0.200. The van der Waals surface area contributed by atoms with Gasteiger partial charge in [-0.25, -0.2) is 9.19 Å². The molecule has 0 aliphatic carbocycles. The highest BCUT2D eigenvalue weighted by atomic mass is 32.2. The van der Waals surface area contributed by atoms with Crippen LogP contribution in [-0.2, 0) is 9.53 Å². The molecule has 0 unspecified atom stereocenters. The van der Waals surface area contributed by atoms with E-state index in [0.29, 0.717) is 5.70 Å². The van der Waals surface area contributed by atoms with Gasteiger partial charge in [0.15, 0.2) is 0 Å². The van der Waals surface area contributed by atoms with Crippen LogP contribution in [0.1, 0.15) is 0 Å². The van der Waals surface area contributed by atoms with E-state index in [9.17, 15) is 4.79 Å². The summed E-state index contributed by atoms with van der Waals surface area (Å²) < 4.78 is 10.9. The minimum atomic E-state index is -0.376. The third-order valence-electron chi connectivity index (χ3n) is 0.916. The van der Waals surface area contributed by atoms with Crippen molar-refractivity contribution in [3.05, 3.63) is 11.8 Å². The summed E-state index contributed by atoms with van der Waals surface area (Å²) in [5.74, 6) is -0.376. The number of nitrogens with one attached hydrogen (secondary N) is 1. The van der Waals surface area contributed by atoms with Crippen LogP contribution in [0.5, 0.6) is 0 Å². The van der Waals surface area contributed by atoms with E-state index in [1.54, 1.807) is 6.08 Å². The Kier molecular flexibility index (Phi) is 2.33. The number of allylic oxidation sites excluding steroid dienone is 1. The summed E-state index contributed by atoms with van der Waals surface area (Å²) >= 11 is 1.10. The molecule has 1 rings (SSSR count). The van der Waals surface area contributed by atoms with Gasteiger partial charge in [0.05, 0.1) is 19.2 Å². The van der Waals surface area contributed by atoms with Crippen LogP contribution < -0.4 is 4.72 Å². The van der Waals surface area contributed by atoms with Gasteiger partial charge in [0.25, 0.3) is 0 Å². The summed E-state index contributed by atoms with van der Waals surface area (Å²) in [5.41, 5.74) is 0.419. The molecule has 1 heterocycles. The second-order valence-electron chi connectivity index (χ2n) is 1.52. The van der Waals surface area contributed by atoms with Gasteiger partial charge in [-0.2, -0.15) is 0 Å². The molecule has 0 bridgehead atoms. The molecule has 0 saturated carbocycles. The molecule has 10 heavy (non-hydrogen) atoms. The molecule has 4 nitrogen and oxygen atoms in total. The molecule has 54 valence electrons. The first-order valence-corrected chi connectivity index (χ1v) is 3.36. The van der Waals surface area contributed by atoms with Crippen LogP contribution in [0.25, 0.3) is 0 Å². The topological polar surface area (TPSA) is 50.7 Å². The monoisotopic (exact) mass is 158 g/mol. The Morgan fingerprint density at radius 2 is 2.70 bits per heavy atom. The standard InChI is InChI=1S/C5H6N2O2S/c1-9-5(8)4-2-3-6-10-7-4/h2-3,7H,1H3. The number of hydrogen-bond donors (Lipinski definition) is 1. The van der Waals surface area contributed by atoms with Gasteiger partial charge >= 0.3 is 5.97 Å². The van der Waals surface area contributed by atoms with Gasteiger partial charge < -0.3 is 9.46 Å². The molecule has 0 atom stereocenters. The Morgan fingerprint density at radius 1 is 1.90 bits per heavy atom. The first-order chi connectivity index (χ1) is 4.84. The van der Waals surface area contributed by atoms with Gasteiger partial charge in [0.2, 0.25) is 0 Å². The predicted molar refractivity (Wildman–Crippen MR) is 39.3 cm³/mol. The molecule has 1 N–H and O–H groups in total. The van der Waals surface area contributed by atoms with Crippen LogP contribution in [0.4, 0.5) is 0 Å². The SMILES string of the molecule is COC(=O)C1=CC=NSN1. The third-order valence-corrected chi connectivity index (χ3v) is 1.45. The number of nitrogens with zero attached hydrogens (tertiary/aromatic N) is 1. The Hall–Kier alpha value is -0.970. The predicted octanol–water partition coefficient (Wildman–Crippen LogP) is 0.280. The van der Waals surface area contributed by atoms with Crippen molar-refractivity contribution in [3.8, 4) is 0 Å². The molecule has 0 radical (unpaired) electrons. The second kappa shape index (κ2) is 3.26.